The summed E-state index contributed by atoms with van der Waals surface area (Å²) in [4.78, 5) is 0. The van der Waals surface area contributed by atoms with Gasteiger partial charge in [0, 0.05) is 21.5 Å². The molecule has 7 aromatic rings. The number of fused-ring (bicyclic) bond motifs is 6. The van der Waals surface area contributed by atoms with Gasteiger partial charge in [0.1, 0.15) is 22.3 Å². The minimum Gasteiger partial charge on any atom is -0.455 e. The SMILES string of the molecule is C1=CC(c2ccc3oc4c(-c5ccccc5)c5oc6ccc(-c7ccccc7)cc6c5cc4c3c2)=CCC1. The molecule has 8 rings (SSSR count). The average molecular weight is 489 g/mol. The lowest BCUT2D eigenvalue weighted by atomic mass is 9.95. The van der Waals surface area contributed by atoms with Crippen LogP contribution in [0.4, 0.5) is 0 Å². The minimum absolute atomic E-state index is 0.862. The molecule has 0 atom stereocenters. The second kappa shape index (κ2) is 8.36. The van der Waals surface area contributed by atoms with E-state index in [-0.39, 0.29) is 0 Å². The molecule has 0 spiro atoms. The molecule has 0 saturated heterocycles. The van der Waals surface area contributed by atoms with Gasteiger partial charge in [-0.2, -0.15) is 0 Å². The van der Waals surface area contributed by atoms with E-state index in [0.29, 0.717) is 0 Å². The lowest BCUT2D eigenvalue weighted by Crippen LogP contribution is -1.85. The van der Waals surface area contributed by atoms with Gasteiger partial charge >= 0.3 is 0 Å². The Balaban J connectivity index is 1.47. The van der Waals surface area contributed by atoms with E-state index in [1.54, 1.807) is 0 Å². The smallest absolute Gasteiger partial charge is 0.147 e. The predicted molar refractivity (Wildman–Crippen MR) is 158 cm³/mol. The molecular weight excluding hydrogens is 464 g/mol. The van der Waals surface area contributed by atoms with E-state index in [1.807, 2.05) is 6.07 Å². The Morgan fingerprint density at radius 3 is 1.71 bits per heavy atom. The van der Waals surface area contributed by atoms with Gasteiger partial charge in [0.2, 0.25) is 0 Å². The van der Waals surface area contributed by atoms with E-state index in [0.717, 1.165) is 67.8 Å². The third-order valence-corrected chi connectivity index (χ3v) is 7.69. The van der Waals surface area contributed by atoms with Crippen molar-refractivity contribution < 1.29 is 8.83 Å². The van der Waals surface area contributed by atoms with Crippen molar-refractivity contribution in [2.75, 3.05) is 0 Å². The second-order valence-corrected chi connectivity index (χ2v) is 10.0. The number of furan rings is 2. The summed E-state index contributed by atoms with van der Waals surface area (Å²) in [6.45, 7) is 0. The number of hydrogen-bond donors (Lipinski definition) is 0. The highest BCUT2D eigenvalue weighted by Gasteiger charge is 2.21. The summed E-state index contributed by atoms with van der Waals surface area (Å²) < 4.78 is 13.2. The molecule has 0 N–H and O–H groups in total. The maximum absolute atomic E-state index is 6.58. The summed E-state index contributed by atoms with van der Waals surface area (Å²) in [6, 6.07) is 36.2. The first-order valence-corrected chi connectivity index (χ1v) is 13.2. The Bertz CT molecular complexity index is 2050. The van der Waals surface area contributed by atoms with Crippen LogP contribution in [0.1, 0.15) is 18.4 Å². The summed E-state index contributed by atoms with van der Waals surface area (Å²) in [7, 11) is 0. The van der Waals surface area contributed by atoms with Gasteiger partial charge in [0.05, 0.1) is 5.56 Å². The van der Waals surface area contributed by atoms with Gasteiger partial charge in [-0.05, 0) is 71.0 Å². The van der Waals surface area contributed by atoms with Crippen molar-refractivity contribution in [3.05, 3.63) is 127 Å². The Hall–Kier alpha value is -4.82. The van der Waals surface area contributed by atoms with Crippen LogP contribution in [0.25, 0.3) is 71.7 Å². The lowest BCUT2D eigenvalue weighted by molar-refractivity contribution is 0.658. The molecule has 0 saturated carbocycles. The summed E-state index contributed by atoms with van der Waals surface area (Å²) in [5.41, 5.74) is 10.5. The molecule has 0 aliphatic heterocycles. The number of hydrogen-bond acceptors (Lipinski definition) is 2. The van der Waals surface area contributed by atoms with Gasteiger partial charge in [0.25, 0.3) is 0 Å². The zero-order valence-electron chi connectivity index (χ0n) is 20.8. The molecule has 0 fully saturated rings. The fraction of sp³-hybridized carbons (Fsp3) is 0.0556. The standard InChI is InChI=1S/C36H24O2/c1-4-10-23(11-5-1)26-16-18-32-28(20-26)30-22-31-29-21-27(24-12-6-2-7-13-24)17-19-33(29)38-36(31)34(35(30)37-32)25-14-8-3-9-15-25/h1,3-6,8-22H,2,7H2. The van der Waals surface area contributed by atoms with E-state index in [1.165, 1.54) is 22.3 Å². The van der Waals surface area contributed by atoms with Crippen LogP contribution in [0.3, 0.4) is 0 Å². The fourth-order valence-corrected chi connectivity index (χ4v) is 5.82. The van der Waals surface area contributed by atoms with Crippen molar-refractivity contribution in [1.82, 2.24) is 0 Å². The van der Waals surface area contributed by atoms with Crippen LogP contribution in [0.5, 0.6) is 0 Å². The normalized spacial score (nSPS) is 13.6. The van der Waals surface area contributed by atoms with Crippen molar-refractivity contribution in [3.63, 3.8) is 0 Å². The van der Waals surface area contributed by atoms with Crippen LogP contribution >= 0.6 is 0 Å². The van der Waals surface area contributed by atoms with Crippen LogP contribution in [0.2, 0.25) is 0 Å². The van der Waals surface area contributed by atoms with Gasteiger partial charge in [-0.15, -0.1) is 0 Å². The Kier molecular flexibility index (Phi) is 4.68. The molecule has 2 heteroatoms. The molecule has 1 aliphatic rings. The highest BCUT2D eigenvalue weighted by atomic mass is 16.3. The number of benzene rings is 5. The number of allylic oxidation sites excluding steroid dienone is 4. The zero-order valence-corrected chi connectivity index (χ0v) is 20.8. The molecule has 2 heterocycles. The fourth-order valence-electron chi connectivity index (χ4n) is 5.82. The molecule has 0 unspecified atom stereocenters. The van der Waals surface area contributed by atoms with Gasteiger partial charge < -0.3 is 8.83 Å². The van der Waals surface area contributed by atoms with Gasteiger partial charge in [-0.25, -0.2) is 0 Å². The quantitative estimate of drug-likeness (QED) is 0.247. The summed E-state index contributed by atoms with van der Waals surface area (Å²) in [6.07, 6.45) is 9.00. The molecule has 2 aromatic heterocycles. The zero-order chi connectivity index (χ0) is 25.1. The molecule has 38 heavy (non-hydrogen) atoms. The van der Waals surface area contributed by atoms with Gasteiger partial charge in [-0.3, -0.25) is 0 Å². The summed E-state index contributed by atoms with van der Waals surface area (Å²) >= 11 is 0. The monoisotopic (exact) mass is 488 g/mol. The summed E-state index contributed by atoms with van der Waals surface area (Å²) in [5, 5.41) is 4.46. The maximum Gasteiger partial charge on any atom is 0.147 e. The molecule has 180 valence electrons. The number of rotatable bonds is 3. The molecule has 2 nitrogen and oxygen atoms in total. The molecule has 5 aromatic carbocycles. The Morgan fingerprint density at radius 2 is 1.08 bits per heavy atom. The molecule has 0 radical (unpaired) electrons. The second-order valence-electron chi connectivity index (χ2n) is 10.0. The maximum atomic E-state index is 6.58. The molecule has 0 bridgehead atoms. The van der Waals surface area contributed by atoms with Crippen LogP contribution in [0.15, 0.2) is 130 Å². The van der Waals surface area contributed by atoms with Crippen molar-refractivity contribution >= 4 is 49.5 Å². The third-order valence-electron chi connectivity index (χ3n) is 7.69. The van der Waals surface area contributed by atoms with Gasteiger partial charge in [0.15, 0.2) is 0 Å². The van der Waals surface area contributed by atoms with Crippen molar-refractivity contribution in [1.29, 1.82) is 0 Å². The average Bonchev–Trinajstić information content (AvgIpc) is 3.54. The van der Waals surface area contributed by atoms with E-state index in [4.69, 9.17) is 8.83 Å². The van der Waals surface area contributed by atoms with Crippen molar-refractivity contribution in [2.45, 2.75) is 12.8 Å². The molecule has 0 amide bonds. The van der Waals surface area contributed by atoms with Crippen LogP contribution in [-0.2, 0) is 0 Å². The van der Waals surface area contributed by atoms with Crippen LogP contribution < -0.4 is 0 Å². The first kappa shape index (κ1) is 21.3. The highest BCUT2D eigenvalue weighted by molar-refractivity contribution is 6.22. The van der Waals surface area contributed by atoms with Gasteiger partial charge in [-0.1, -0.05) is 91.0 Å². The van der Waals surface area contributed by atoms with E-state index in [9.17, 15) is 0 Å². The Morgan fingerprint density at radius 1 is 0.474 bits per heavy atom. The molecular formula is C36H24O2. The lowest BCUT2D eigenvalue weighted by Gasteiger charge is -2.07. The molecule has 1 aliphatic carbocycles. The van der Waals surface area contributed by atoms with Crippen LogP contribution in [-0.4, -0.2) is 0 Å². The minimum atomic E-state index is 0.862. The first-order valence-electron chi connectivity index (χ1n) is 13.2. The topological polar surface area (TPSA) is 26.3 Å². The van der Waals surface area contributed by atoms with E-state index >= 15 is 0 Å². The van der Waals surface area contributed by atoms with Crippen molar-refractivity contribution in [3.8, 4) is 22.3 Å². The van der Waals surface area contributed by atoms with E-state index in [2.05, 4.69) is 115 Å². The summed E-state index contributed by atoms with van der Waals surface area (Å²) in [5.74, 6) is 0. The predicted octanol–water partition coefficient (Wildman–Crippen LogP) is 10.6. The first-order chi connectivity index (χ1) is 18.8. The Labute approximate surface area is 220 Å². The van der Waals surface area contributed by atoms with Crippen molar-refractivity contribution in [2.24, 2.45) is 0 Å². The largest absolute Gasteiger partial charge is 0.455 e. The third kappa shape index (κ3) is 3.27. The van der Waals surface area contributed by atoms with E-state index < -0.39 is 0 Å². The van der Waals surface area contributed by atoms with Crippen LogP contribution in [0, 0.1) is 0 Å². The highest BCUT2D eigenvalue weighted by Crippen LogP contribution is 2.45.